The molecule has 0 aliphatic heterocycles. The molecule has 1 N–H and O–H groups in total. The molecule has 1 aromatic rings. The molecule has 1 heterocycles. The van der Waals surface area contributed by atoms with E-state index in [0.29, 0.717) is 12.0 Å². The fourth-order valence-corrected chi connectivity index (χ4v) is 1.84. The molecule has 1 rings (SSSR count). The first-order valence-electron chi connectivity index (χ1n) is 5.87. The Bertz CT molecular complexity index is 308. The topological polar surface area (TPSA) is 33.1 Å². The molecule has 4 nitrogen and oxygen atoms in total. The van der Waals surface area contributed by atoms with Crippen LogP contribution in [0.3, 0.4) is 0 Å². The van der Waals surface area contributed by atoms with Crippen LogP contribution < -0.4 is 5.32 Å². The van der Waals surface area contributed by atoms with E-state index in [1.54, 1.807) is 0 Å². The van der Waals surface area contributed by atoms with Crippen LogP contribution in [0.1, 0.15) is 19.7 Å². The summed E-state index contributed by atoms with van der Waals surface area (Å²) in [5.41, 5.74) is 0. The average Bonchev–Trinajstić information content (AvgIpc) is 2.63. The largest absolute Gasteiger partial charge is 0.337 e. The number of hydrogen-bond acceptors (Lipinski definition) is 3. The van der Waals surface area contributed by atoms with Crippen molar-refractivity contribution in [3.05, 3.63) is 18.2 Å². The highest BCUT2D eigenvalue weighted by Gasteiger charge is 2.17. The predicted molar refractivity (Wildman–Crippen MR) is 67.2 cm³/mol. The summed E-state index contributed by atoms with van der Waals surface area (Å²) in [6, 6.07) is 0.546. The van der Waals surface area contributed by atoms with Crippen LogP contribution in [0.5, 0.6) is 0 Å². The van der Waals surface area contributed by atoms with E-state index in [2.05, 4.69) is 40.7 Å². The van der Waals surface area contributed by atoms with Crippen molar-refractivity contribution in [2.45, 2.75) is 26.4 Å². The molecule has 0 spiro atoms. The van der Waals surface area contributed by atoms with Gasteiger partial charge in [-0.05, 0) is 33.5 Å². The molecule has 0 fully saturated rings. The van der Waals surface area contributed by atoms with E-state index >= 15 is 0 Å². The molecule has 1 aromatic heterocycles. The number of nitrogens with zero attached hydrogens (tertiary/aromatic N) is 3. The Morgan fingerprint density at radius 2 is 2.19 bits per heavy atom. The Kier molecular flexibility index (Phi) is 4.96. The lowest BCUT2D eigenvalue weighted by Crippen LogP contribution is -2.38. The van der Waals surface area contributed by atoms with E-state index in [1.807, 2.05) is 26.5 Å². The van der Waals surface area contributed by atoms with Crippen molar-refractivity contribution in [3.8, 4) is 0 Å². The Hall–Kier alpha value is -0.870. The van der Waals surface area contributed by atoms with Crippen LogP contribution in [-0.2, 0) is 13.6 Å². The Morgan fingerprint density at radius 3 is 2.69 bits per heavy atom. The fourth-order valence-electron chi connectivity index (χ4n) is 1.84. The molecule has 0 bridgehead atoms. The van der Waals surface area contributed by atoms with Gasteiger partial charge in [0.05, 0.1) is 6.54 Å². The van der Waals surface area contributed by atoms with Crippen LogP contribution in [0.15, 0.2) is 12.4 Å². The molecule has 0 aromatic carbocycles. The lowest BCUT2D eigenvalue weighted by molar-refractivity contribution is 0.185. The second-order valence-electron chi connectivity index (χ2n) is 4.65. The number of imidazole rings is 1. The maximum atomic E-state index is 4.35. The van der Waals surface area contributed by atoms with E-state index in [4.69, 9.17) is 0 Å². The van der Waals surface area contributed by atoms with Gasteiger partial charge < -0.3 is 9.88 Å². The van der Waals surface area contributed by atoms with Gasteiger partial charge in [-0.2, -0.15) is 0 Å². The van der Waals surface area contributed by atoms with Gasteiger partial charge in [0.25, 0.3) is 0 Å². The number of aromatic nitrogens is 2. The van der Waals surface area contributed by atoms with Crippen molar-refractivity contribution in [2.24, 2.45) is 13.0 Å². The molecule has 2 atom stereocenters. The van der Waals surface area contributed by atoms with Gasteiger partial charge >= 0.3 is 0 Å². The quantitative estimate of drug-likeness (QED) is 0.785. The summed E-state index contributed by atoms with van der Waals surface area (Å²) < 4.78 is 2.08. The first kappa shape index (κ1) is 13.2. The van der Waals surface area contributed by atoms with Crippen molar-refractivity contribution in [3.63, 3.8) is 0 Å². The van der Waals surface area contributed by atoms with Crippen LogP contribution in [0, 0.1) is 5.92 Å². The maximum absolute atomic E-state index is 4.35. The van der Waals surface area contributed by atoms with Crippen LogP contribution in [-0.4, -0.2) is 41.1 Å². The van der Waals surface area contributed by atoms with Crippen molar-refractivity contribution in [1.82, 2.24) is 19.8 Å². The molecule has 0 radical (unpaired) electrons. The van der Waals surface area contributed by atoms with E-state index in [-0.39, 0.29) is 0 Å². The number of aryl methyl sites for hydroxylation is 1. The number of rotatable bonds is 6. The fraction of sp³-hybridized carbons (Fsp3) is 0.750. The number of nitrogens with one attached hydrogen (secondary N) is 1. The van der Waals surface area contributed by atoms with E-state index < -0.39 is 0 Å². The smallest absolute Gasteiger partial charge is 0.122 e. The zero-order valence-corrected chi connectivity index (χ0v) is 11.1. The third-order valence-electron chi connectivity index (χ3n) is 3.36. The Balaban J connectivity index is 2.51. The van der Waals surface area contributed by atoms with Crippen molar-refractivity contribution in [2.75, 3.05) is 20.6 Å². The molecular formula is C12H24N4. The first-order valence-corrected chi connectivity index (χ1v) is 5.87. The molecule has 2 unspecified atom stereocenters. The van der Waals surface area contributed by atoms with Crippen molar-refractivity contribution < 1.29 is 0 Å². The summed E-state index contributed by atoms with van der Waals surface area (Å²) in [5.74, 6) is 1.75. The zero-order chi connectivity index (χ0) is 12.1. The van der Waals surface area contributed by atoms with Gasteiger partial charge in [-0.25, -0.2) is 4.98 Å². The summed E-state index contributed by atoms with van der Waals surface area (Å²) in [7, 11) is 6.20. The minimum atomic E-state index is 0.546. The minimum Gasteiger partial charge on any atom is -0.337 e. The normalized spacial score (nSPS) is 15.4. The molecule has 0 aliphatic carbocycles. The number of hydrogen-bond donors (Lipinski definition) is 1. The molecule has 92 valence electrons. The third kappa shape index (κ3) is 3.32. The van der Waals surface area contributed by atoms with Gasteiger partial charge in [0.15, 0.2) is 0 Å². The van der Waals surface area contributed by atoms with Crippen LogP contribution in [0.4, 0.5) is 0 Å². The van der Waals surface area contributed by atoms with Gasteiger partial charge in [-0.1, -0.05) is 6.92 Å². The highest BCUT2D eigenvalue weighted by molar-refractivity contribution is 4.91. The van der Waals surface area contributed by atoms with E-state index in [0.717, 1.165) is 18.9 Å². The monoisotopic (exact) mass is 224 g/mol. The predicted octanol–water partition coefficient (Wildman–Crippen LogP) is 1.10. The van der Waals surface area contributed by atoms with E-state index in [9.17, 15) is 0 Å². The molecular weight excluding hydrogens is 200 g/mol. The van der Waals surface area contributed by atoms with Gasteiger partial charge in [-0.3, -0.25) is 4.90 Å². The first-order chi connectivity index (χ1) is 7.56. The highest BCUT2D eigenvalue weighted by Crippen LogP contribution is 2.11. The van der Waals surface area contributed by atoms with E-state index in [1.165, 1.54) is 0 Å². The van der Waals surface area contributed by atoms with Crippen LogP contribution >= 0.6 is 0 Å². The summed E-state index contributed by atoms with van der Waals surface area (Å²) in [6.45, 7) is 6.49. The second-order valence-corrected chi connectivity index (χ2v) is 4.65. The molecule has 4 heteroatoms. The standard InChI is InChI=1S/C12H24N4/c1-10(8-13-3)11(2)16(5)9-12-14-6-7-15(12)4/h6-7,10-11,13H,8-9H2,1-5H3. The summed E-state index contributed by atoms with van der Waals surface area (Å²) in [5, 5.41) is 3.23. The van der Waals surface area contributed by atoms with Crippen LogP contribution in [0.25, 0.3) is 0 Å². The molecule has 0 saturated heterocycles. The molecule has 16 heavy (non-hydrogen) atoms. The van der Waals surface area contributed by atoms with Crippen LogP contribution in [0.2, 0.25) is 0 Å². The third-order valence-corrected chi connectivity index (χ3v) is 3.36. The van der Waals surface area contributed by atoms with Gasteiger partial charge in [-0.15, -0.1) is 0 Å². The average molecular weight is 224 g/mol. The molecule has 0 saturated carbocycles. The second kappa shape index (κ2) is 6.01. The zero-order valence-electron chi connectivity index (χ0n) is 11.1. The maximum Gasteiger partial charge on any atom is 0.122 e. The molecule has 0 amide bonds. The summed E-state index contributed by atoms with van der Waals surface area (Å²) in [4.78, 5) is 6.70. The van der Waals surface area contributed by atoms with Gasteiger partial charge in [0.1, 0.15) is 5.82 Å². The summed E-state index contributed by atoms with van der Waals surface area (Å²) in [6.07, 6.45) is 3.84. The van der Waals surface area contributed by atoms with Gasteiger partial charge in [0.2, 0.25) is 0 Å². The van der Waals surface area contributed by atoms with Crippen molar-refractivity contribution in [1.29, 1.82) is 0 Å². The van der Waals surface area contributed by atoms with Gasteiger partial charge in [0, 0.05) is 25.5 Å². The molecule has 0 aliphatic rings. The SMILES string of the molecule is CNCC(C)C(C)N(C)Cc1nccn1C. The highest BCUT2D eigenvalue weighted by atomic mass is 15.2. The van der Waals surface area contributed by atoms with Crippen molar-refractivity contribution >= 4 is 0 Å². The Labute approximate surface area is 98.7 Å². The Morgan fingerprint density at radius 1 is 1.50 bits per heavy atom. The minimum absolute atomic E-state index is 0.546. The lowest BCUT2D eigenvalue weighted by atomic mass is 10.0. The lowest BCUT2D eigenvalue weighted by Gasteiger charge is -2.29. The summed E-state index contributed by atoms with van der Waals surface area (Å²) >= 11 is 0.